The van der Waals surface area contributed by atoms with Gasteiger partial charge in [0.2, 0.25) is 0 Å². The molecule has 0 radical (unpaired) electrons. The Hall–Kier alpha value is -1.12. The Morgan fingerprint density at radius 2 is 1.95 bits per heavy atom. The fourth-order valence-corrected chi connectivity index (χ4v) is 5.20. The first kappa shape index (κ1) is 15.8. The zero-order chi connectivity index (χ0) is 15.7. The number of benzene rings is 1. The standard InChI is InChI=1S/C13H8Cl2N2O2S3/c14-8-3-4-9(15)12(6-8)22(18,19)17-13-16-10(7-21-13)11-2-1-5-20-11/h1-7H,(H,16,17). The average Bonchev–Trinajstić information content (AvgIpc) is 3.11. The Morgan fingerprint density at radius 1 is 1.14 bits per heavy atom. The minimum absolute atomic E-state index is 0.0745. The lowest BCUT2D eigenvalue weighted by Gasteiger charge is -2.07. The molecule has 22 heavy (non-hydrogen) atoms. The number of hydrogen-bond donors (Lipinski definition) is 1. The van der Waals surface area contributed by atoms with Gasteiger partial charge in [0.1, 0.15) is 4.90 Å². The molecule has 0 aliphatic carbocycles. The summed E-state index contributed by atoms with van der Waals surface area (Å²) in [6, 6.07) is 8.11. The predicted octanol–water partition coefficient (Wildman–Crippen LogP) is 4.98. The number of rotatable bonds is 4. The van der Waals surface area contributed by atoms with Gasteiger partial charge in [0.05, 0.1) is 15.6 Å². The zero-order valence-electron chi connectivity index (χ0n) is 10.8. The van der Waals surface area contributed by atoms with Gasteiger partial charge >= 0.3 is 0 Å². The van der Waals surface area contributed by atoms with E-state index in [1.54, 1.807) is 5.38 Å². The van der Waals surface area contributed by atoms with Gasteiger partial charge in [-0.2, -0.15) is 0 Å². The molecule has 0 aliphatic heterocycles. The molecule has 0 aliphatic rings. The van der Waals surface area contributed by atoms with E-state index in [0.29, 0.717) is 5.02 Å². The first-order valence-corrected chi connectivity index (χ1v) is 9.93. The number of halogens is 2. The van der Waals surface area contributed by atoms with E-state index in [2.05, 4.69) is 9.71 Å². The van der Waals surface area contributed by atoms with Gasteiger partial charge in [-0.3, -0.25) is 4.72 Å². The molecule has 3 aromatic rings. The Kier molecular flexibility index (Phi) is 4.42. The lowest BCUT2D eigenvalue weighted by molar-refractivity contribution is 0.601. The van der Waals surface area contributed by atoms with Crippen LogP contribution in [0.3, 0.4) is 0 Å². The molecule has 0 saturated carbocycles. The molecule has 2 aromatic heterocycles. The summed E-state index contributed by atoms with van der Waals surface area (Å²) in [5, 5.41) is 4.41. The Morgan fingerprint density at radius 3 is 2.68 bits per heavy atom. The van der Waals surface area contributed by atoms with Crippen molar-refractivity contribution in [3.05, 3.63) is 51.1 Å². The molecule has 3 rings (SSSR count). The van der Waals surface area contributed by atoms with Crippen molar-refractivity contribution < 1.29 is 8.42 Å². The quantitative estimate of drug-likeness (QED) is 0.683. The van der Waals surface area contributed by atoms with Crippen LogP contribution in [0, 0.1) is 0 Å². The lowest BCUT2D eigenvalue weighted by atomic mass is 10.4. The van der Waals surface area contributed by atoms with Crippen LogP contribution in [0.5, 0.6) is 0 Å². The molecule has 9 heteroatoms. The predicted molar refractivity (Wildman–Crippen MR) is 92.7 cm³/mol. The Balaban J connectivity index is 1.90. The average molecular weight is 391 g/mol. The van der Waals surface area contributed by atoms with E-state index in [1.807, 2.05) is 17.5 Å². The molecule has 114 valence electrons. The number of thiazole rings is 1. The van der Waals surface area contributed by atoms with Crippen molar-refractivity contribution in [2.45, 2.75) is 4.90 Å². The molecular formula is C13H8Cl2N2O2S3. The second-order valence-electron chi connectivity index (χ2n) is 4.20. The normalized spacial score (nSPS) is 11.5. The van der Waals surface area contributed by atoms with Crippen molar-refractivity contribution >= 4 is 61.0 Å². The van der Waals surface area contributed by atoms with Crippen molar-refractivity contribution in [2.75, 3.05) is 4.72 Å². The summed E-state index contributed by atoms with van der Waals surface area (Å²) in [5.74, 6) is 0. The Bertz CT molecular complexity index is 905. The molecule has 0 amide bonds. The van der Waals surface area contributed by atoms with E-state index in [9.17, 15) is 8.42 Å². The SMILES string of the molecule is O=S(=O)(Nc1nc(-c2cccs2)cs1)c1cc(Cl)ccc1Cl. The molecule has 4 nitrogen and oxygen atoms in total. The molecule has 1 N–H and O–H groups in total. The topological polar surface area (TPSA) is 59.1 Å². The number of aromatic nitrogens is 1. The summed E-state index contributed by atoms with van der Waals surface area (Å²) in [6.45, 7) is 0. The first-order chi connectivity index (χ1) is 10.5. The summed E-state index contributed by atoms with van der Waals surface area (Å²) in [7, 11) is -3.84. The first-order valence-electron chi connectivity index (χ1n) is 5.93. The summed E-state index contributed by atoms with van der Waals surface area (Å²) in [6.07, 6.45) is 0. The van der Waals surface area contributed by atoms with Crippen LogP contribution >= 0.6 is 45.9 Å². The second-order valence-corrected chi connectivity index (χ2v) is 8.50. The summed E-state index contributed by atoms with van der Waals surface area (Å²) in [4.78, 5) is 5.18. The number of anilines is 1. The van der Waals surface area contributed by atoms with Gasteiger partial charge < -0.3 is 0 Å². The van der Waals surface area contributed by atoms with E-state index in [-0.39, 0.29) is 15.0 Å². The van der Waals surface area contributed by atoms with Gasteiger partial charge in [-0.05, 0) is 29.6 Å². The smallest absolute Gasteiger partial charge is 0.255 e. The fourth-order valence-electron chi connectivity index (χ4n) is 1.71. The largest absolute Gasteiger partial charge is 0.265 e. The summed E-state index contributed by atoms with van der Waals surface area (Å²) < 4.78 is 27.2. The molecule has 0 bridgehead atoms. The van der Waals surface area contributed by atoms with Crippen LogP contribution in [0.2, 0.25) is 10.0 Å². The number of hydrogen-bond acceptors (Lipinski definition) is 5. The van der Waals surface area contributed by atoms with Crippen molar-refractivity contribution in [3.8, 4) is 10.6 Å². The minimum Gasteiger partial charge on any atom is -0.255 e. The number of nitrogens with one attached hydrogen (secondary N) is 1. The highest BCUT2D eigenvalue weighted by molar-refractivity contribution is 7.93. The zero-order valence-corrected chi connectivity index (χ0v) is 14.7. The molecule has 1 aromatic carbocycles. The summed E-state index contributed by atoms with van der Waals surface area (Å²) >= 11 is 14.5. The van der Waals surface area contributed by atoms with Gasteiger partial charge in [-0.15, -0.1) is 22.7 Å². The van der Waals surface area contributed by atoms with Crippen LogP contribution in [-0.2, 0) is 10.0 Å². The molecule has 2 heterocycles. The number of sulfonamides is 1. The maximum atomic E-state index is 12.4. The van der Waals surface area contributed by atoms with Crippen molar-refractivity contribution in [3.63, 3.8) is 0 Å². The number of nitrogens with zero attached hydrogens (tertiary/aromatic N) is 1. The third-order valence-electron chi connectivity index (χ3n) is 2.68. The lowest BCUT2D eigenvalue weighted by Crippen LogP contribution is -2.13. The van der Waals surface area contributed by atoms with E-state index < -0.39 is 10.0 Å². The van der Waals surface area contributed by atoms with Crippen molar-refractivity contribution in [1.82, 2.24) is 4.98 Å². The highest BCUT2D eigenvalue weighted by Crippen LogP contribution is 2.31. The van der Waals surface area contributed by atoms with Crippen LogP contribution in [0.25, 0.3) is 10.6 Å². The molecule has 0 fully saturated rings. The number of thiophene rings is 1. The van der Waals surface area contributed by atoms with Crippen LogP contribution in [0.1, 0.15) is 0 Å². The van der Waals surface area contributed by atoms with Gasteiger partial charge in [0, 0.05) is 10.4 Å². The van der Waals surface area contributed by atoms with Crippen LogP contribution < -0.4 is 4.72 Å². The van der Waals surface area contributed by atoms with E-state index >= 15 is 0 Å². The summed E-state index contributed by atoms with van der Waals surface area (Å²) in [5.41, 5.74) is 0.731. The van der Waals surface area contributed by atoms with E-state index in [4.69, 9.17) is 23.2 Å². The highest BCUT2D eigenvalue weighted by Gasteiger charge is 2.20. The van der Waals surface area contributed by atoms with Gasteiger partial charge in [-0.1, -0.05) is 29.3 Å². The maximum Gasteiger partial charge on any atom is 0.265 e. The monoisotopic (exact) mass is 390 g/mol. The Labute approximate surface area is 145 Å². The highest BCUT2D eigenvalue weighted by atomic mass is 35.5. The van der Waals surface area contributed by atoms with Crippen LogP contribution in [0.4, 0.5) is 5.13 Å². The fraction of sp³-hybridized carbons (Fsp3) is 0. The minimum atomic E-state index is -3.84. The third kappa shape index (κ3) is 3.28. The van der Waals surface area contributed by atoms with Crippen LogP contribution in [0.15, 0.2) is 46.0 Å². The van der Waals surface area contributed by atoms with Gasteiger partial charge in [0.15, 0.2) is 5.13 Å². The maximum absolute atomic E-state index is 12.4. The van der Waals surface area contributed by atoms with Crippen molar-refractivity contribution in [1.29, 1.82) is 0 Å². The van der Waals surface area contributed by atoms with Crippen molar-refractivity contribution in [2.24, 2.45) is 0 Å². The molecule has 0 unspecified atom stereocenters. The molecular weight excluding hydrogens is 383 g/mol. The molecule has 0 spiro atoms. The molecule has 0 saturated heterocycles. The molecule has 0 atom stereocenters. The van der Waals surface area contributed by atoms with E-state index in [0.717, 1.165) is 10.6 Å². The second kappa shape index (κ2) is 6.17. The third-order valence-corrected chi connectivity index (χ3v) is 6.52. The van der Waals surface area contributed by atoms with Gasteiger partial charge in [0.25, 0.3) is 10.0 Å². The van der Waals surface area contributed by atoms with Gasteiger partial charge in [-0.25, -0.2) is 13.4 Å². The van der Waals surface area contributed by atoms with E-state index in [1.165, 1.54) is 40.9 Å². The van der Waals surface area contributed by atoms with Crippen LogP contribution in [-0.4, -0.2) is 13.4 Å².